The van der Waals surface area contributed by atoms with E-state index in [-0.39, 0.29) is 31.1 Å². The molecule has 0 saturated carbocycles. The number of rotatable bonds is 53. The molecule has 1 atom stereocenters. The monoisotopic (exact) mass is 919 g/mol. The molecule has 0 aliphatic carbocycles. The summed E-state index contributed by atoms with van der Waals surface area (Å²) in [4.78, 5) is 38.1. The van der Waals surface area contributed by atoms with Crippen LogP contribution in [0.4, 0.5) is 0 Å². The molecule has 0 radical (unpaired) electrons. The molecule has 0 rings (SSSR count). The molecule has 6 heteroatoms. The molecule has 386 valence electrons. The fraction of sp³-hybridized carbons (Fsp3) is 0.949. The van der Waals surface area contributed by atoms with Gasteiger partial charge in [-0.15, -0.1) is 0 Å². The third kappa shape index (κ3) is 53.2. The van der Waals surface area contributed by atoms with Gasteiger partial charge in [0.25, 0.3) is 0 Å². The van der Waals surface area contributed by atoms with E-state index >= 15 is 0 Å². The molecule has 0 fully saturated rings. The van der Waals surface area contributed by atoms with Crippen LogP contribution in [0.5, 0.6) is 0 Å². The predicted octanol–water partition coefficient (Wildman–Crippen LogP) is 19.3. The Hall–Kier alpha value is -1.59. The summed E-state index contributed by atoms with van der Waals surface area (Å²) in [6, 6.07) is 0. The minimum absolute atomic E-state index is 0.0626. The number of carbonyl (C=O) groups is 3. The van der Waals surface area contributed by atoms with E-state index in [1.165, 1.54) is 218 Å². The van der Waals surface area contributed by atoms with Crippen molar-refractivity contribution in [1.29, 1.82) is 0 Å². The normalized spacial score (nSPS) is 12.0. The molecule has 0 aliphatic rings. The van der Waals surface area contributed by atoms with Crippen molar-refractivity contribution >= 4 is 17.9 Å². The average Bonchev–Trinajstić information content (AvgIpc) is 3.28. The number of carbonyl (C=O) groups excluding carboxylic acids is 3. The lowest BCUT2D eigenvalue weighted by Crippen LogP contribution is -2.30. The van der Waals surface area contributed by atoms with Crippen molar-refractivity contribution in [1.82, 2.24) is 0 Å². The molecule has 0 N–H and O–H groups in total. The lowest BCUT2D eigenvalue weighted by Gasteiger charge is -2.18. The quantitative estimate of drug-likeness (QED) is 0.0344. The second kappa shape index (κ2) is 51.8. The summed E-state index contributed by atoms with van der Waals surface area (Å²) in [6.45, 7) is 11.4. The Balaban J connectivity index is 4.21. The van der Waals surface area contributed by atoms with Gasteiger partial charge in [0.15, 0.2) is 6.10 Å². The molecule has 0 saturated heterocycles. The Kier molecular flexibility index (Phi) is 50.5. The smallest absolute Gasteiger partial charge is 0.306 e. The van der Waals surface area contributed by atoms with Gasteiger partial charge in [0.05, 0.1) is 0 Å². The zero-order valence-electron chi connectivity index (χ0n) is 44.6. The van der Waals surface area contributed by atoms with E-state index in [0.717, 1.165) is 69.6 Å². The molecule has 0 aromatic carbocycles. The molecule has 0 aromatic heterocycles. The first-order chi connectivity index (χ1) is 31.7. The first-order valence-electron chi connectivity index (χ1n) is 29.2. The highest BCUT2D eigenvalue weighted by molar-refractivity contribution is 5.71. The molecule has 6 nitrogen and oxygen atoms in total. The van der Waals surface area contributed by atoms with Gasteiger partial charge in [-0.1, -0.05) is 291 Å². The van der Waals surface area contributed by atoms with Gasteiger partial charge in [-0.3, -0.25) is 14.4 Å². The molecule has 0 unspecified atom stereocenters. The van der Waals surface area contributed by atoms with Crippen molar-refractivity contribution in [3.8, 4) is 0 Å². The van der Waals surface area contributed by atoms with E-state index in [0.29, 0.717) is 19.3 Å². The van der Waals surface area contributed by atoms with Crippen molar-refractivity contribution in [2.75, 3.05) is 13.2 Å². The molecule has 65 heavy (non-hydrogen) atoms. The molecule has 0 bridgehead atoms. The zero-order valence-corrected chi connectivity index (χ0v) is 44.6. The summed E-state index contributed by atoms with van der Waals surface area (Å²) >= 11 is 0. The second-order valence-corrected chi connectivity index (χ2v) is 21.2. The lowest BCUT2D eigenvalue weighted by atomic mass is 10.0. The zero-order chi connectivity index (χ0) is 47.5. The van der Waals surface area contributed by atoms with Gasteiger partial charge in [0, 0.05) is 19.3 Å². The van der Waals surface area contributed by atoms with Crippen molar-refractivity contribution in [2.45, 2.75) is 336 Å². The van der Waals surface area contributed by atoms with Gasteiger partial charge >= 0.3 is 17.9 Å². The predicted molar refractivity (Wildman–Crippen MR) is 280 cm³/mol. The second-order valence-electron chi connectivity index (χ2n) is 21.2. The van der Waals surface area contributed by atoms with E-state index in [1.54, 1.807) is 0 Å². The molecular weight excluding hydrogens is 805 g/mol. The van der Waals surface area contributed by atoms with E-state index in [2.05, 4.69) is 34.6 Å². The van der Waals surface area contributed by atoms with Gasteiger partial charge < -0.3 is 14.2 Å². The van der Waals surface area contributed by atoms with Crippen LogP contribution < -0.4 is 0 Å². The van der Waals surface area contributed by atoms with Crippen molar-refractivity contribution in [2.24, 2.45) is 11.8 Å². The van der Waals surface area contributed by atoms with Gasteiger partial charge in [-0.2, -0.15) is 0 Å². The summed E-state index contributed by atoms with van der Waals surface area (Å²) in [7, 11) is 0. The maximum absolute atomic E-state index is 12.8. The van der Waals surface area contributed by atoms with Gasteiger partial charge in [0.2, 0.25) is 0 Å². The van der Waals surface area contributed by atoms with E-state index in [4.69, 9.17) is 14.2 Å². The molecule has 0 heterocycles. The summed E-state index contributed by atoms with van der Waals surface area (Å²) in [6.07, 6.45) is 55.3. The van der Waals surface area contributed by atoms with Gasteiger partial charge in [0.1, 0.15) is 13.2 Å². The number of hydrogen-bond acceptors (Lipinski definition) is 6. The highest BCUT2D eigenvalue weighted by atomic mass is 16.6. The summed E-state index contributed by atoms with van der Waals surface area (Å²) < 4.78 is 16.9. The minimum Gasteiger partial charge on any atom is -0.462 e. The topological polar surface area (TPSA) is 78.9 Å². The standard InChI is InChI=1S/C59H114O6/c1-6-7-8-9-10-11-22-31-36-41-46-51-59(62)65-56(53-64-58(61)50-45-40-35-30-26-21-20-24-28-33-38-43-48-55(4)5)52-63-57(60)49-44-39-34-29-25-19-17-15-13-12-14-16-18-23-27-32-37-42-47-54(2)3/h54-56H,6-53H2,1-5H3/t56-/m0/s1. The Morgan fingerprint density at radius 2 is 0.508 bits per heavy atom. The minimum atomic E-state index is -0.762. The summed E-state index contributed by atoms with van der Waals surface area (Å²) in [5.74, 6) is 0.853. The number of unbranched alkanes of at least 4 members (excludes halogenated alkanes) is 38. The van der Waals surface area contributed by atoms with Crippen molar-refractivity contribution < 1.29 is 28.6 Å². The maximum Gasteiger partial charge on any atom is 0.306 e. The Morgan fingerprint density at radius 3 is 0.754 bits per heavy atom. The highest BCUT2D eigenvalue weighted by Gasteiger charge is 2.19. The van der Waals surface area contributed by atoms with Crippen LogP contribution in [-0.2, 0) is 28.6 Å². The van der Waals surface area contributed by atoms with Crippen LogP contribution >= 0.6 is 0 Å². The maximum atomic E-state index is 12.8. The lowest BCUT2D eigenvalue weighted by molar-refractivity contribution is -0.167. The molecule has 0 aliphatic heterocycles. The SMILES string of the molecule is CCCCCCCCCCCCCC(=O)O[C@@H](COC(=O)CCCCCCCCCCCCCCCCCCCCC(C)C)COC(=O)CCCCCCCCCCCCCCC(C)C. The molecular formula is C59H114O6. The number of esters is 3. The number of ether oxygens (including phenoxy) is 3. The van der Waals surface area contributed by atoms with E-state index in [1.807, 2.05) is 0 Å². The Bertz CT molecular complexity index is 993. The van der Waals surface area contributed by atoms with Crippen LogP contribution in [0.15, 0.2) is 0 Å². The van der Waals surface area contributed by atoms with Crippen LogP contribution in [0.3, 0.4) is 0 Å². The van der Waals surface area contributed by atoms with Crippen LogP contribution in [0.2, 0.25) is 0 Å². The molecule has 0 amide bonds. The van der Waals surface area contributed by atoms with Crippen LogP contribution in [0.25, 0.3) is 0 Å². The largest absolute Gasteiger partial charge is 0.462 e. The summed E-state index contributed by atoms with van der Waals surface area (Å²) in [5, 5.41) is 0. The first-order valence-corrected chi connectivity index (χ1v) is 29.2. The molecule has 0 spiro atoms. The first kappa shape index (κ1) is 63.4. The van der Waals surface area contributed by atoms with Crippen molar-refractivity contribution in [3.63, 3.8) is 0 Å². The Morgan fingerprint density at radius 1 is 0.292 bits per heavy atom. The van der Waals surface area contributed by atoms with Crippen molar-refractivity contribution in [3.05, 3.63) is 0 Å². The summed E-state index contributed by atoms with van der Waals surface area (Å²) in [5.41, 5.74) is 0. The van der Waals surface area contributed by atoms with E-state index < -0.39 is 6.10 Å². The fourth-order valence-corrected chi connectivity index (χ4v) is 9.05. The highest BCUT2D eigenvalue weighted by Crippen LogP contribution is 2.18. The number of hydrogen-bond donors (Lipinski definition) is 0. The average molecular weight is 920 g/mol. The van der Waals surface area contributed by atoms with Crippen LogP contribution in [0, 0.1) is 11.8 Å². The molecule has 0 aromatic rings. The Labute approximate surface area is 406 Å². The third-order valence-corrected chi connectivity index (χ3v) is 13.5. The van der Waals surface area contributed by atoms with Gasteiger partial charge in [-0.25, -0.2) is 0 Å². The fourth-order valence-electron chi connectivity index (χ4n) is 9.05. The van der Waals surface area contributed by atoms with Crippen LogP contribution in [-0.4, -0.2) is 37.2 Å². The third-order valence-electron chi connectivity index (χ3n) is 13.5. The van der Waals surface area contributed by atoms with E-state index in [9.17, 15) is 14.4 Å². The van der Waals surface area contributed by atoms with Gasteiger partial charge in [-0.05, 0) is 31.1 Å². The van der Waals surface area contributed by atoms with Crippen LogP contribution in [0.1, 0.15) is 330 Å².